The largest absolute Gasteiger partial charge is 0.448 e. The minimum Gasteiger partial charge on any atom is -0.448 e. The Labute approximate surface area is 485 Å². The van der Waals surface area contributed by atoms with Gasteiger partial charge in [-0.2, -0.15) is 0 Å². The lowest BCUT2D eigenvalue weighted by Crippen LogP contribution is -2.60. The number of carbonyl (C=O) groups is 2. The van der Waals surface area contributed by atoms with E-state index in [1.807, 2.05) is 84.6 Å². The molecule has 0 radical (unpaired) electrons. The van der Waals surface area contributed by atoms with E-state index in [-0.39, 0.29) is 24.7 Å². The van der Waals surface area contributed by atoms with E-state index in [9.17, 15) is 40.2 Å². The van der Waals surface area contributed by atoms with Crippen LogP contribution in [0.3, 0.4) is 0 Å². The predicted octanol–water partition coefficient (Wildman–Crippen LogP) is 2.62. The molecule has 1 aromatic carbocycles. The minimum absolute atomic E-state index is 0.0738. The Bertz CT molecular complexity index is 2270. The summed E-state index contributed by atoms with van der Waals surface area (Å²) in [5.74, 6) is -3.22. The highest BCUT2D eigenvalue weighted by atomic mass is 127. The van der Waals surface area contributed by atoms with Crippen molar-refractivity contribution in [2.24, 2.45) is 17.8 Å². The molecule has 2 aromatic rings. The van der Waals surface area contributed by atoms with Crippen LogP contribution in [0, 0.1) is 17.8 Å². The predicted molar refractivity (Wildman–Crippen MR) is 301 cm³/mol. The number of ether oxygens (including phenoxy) is 7. The molecule has 6 N–H and O–H groups in total. The number of aliphatic hydroxyl groups is 6. The summed E-state index contributed by atoms with van der Waals surface area (Å²) in [4.78, 5) is 34.1. The molecule has 80 heavy (non-hydrogen) atoms. The summed E-state index contributed by atoms with van der Waals surface area (Å²) in [5, 5.41) is 77.5. The molecular formula is C56H93FIN7O15. The molecule has 0 unspecified atom stereocenters. The van der Waals surface area contributed by atoms with E-state index in [0.29, 0.717) is 64.3 Å². The third-order valence-electron chi connectivity index (χ3n) is 17.5. The van der Waals surface area contributed by atoms with Crippen molar-refractivity contribution in [3.8, 4) is 0 Å². The topological polar surface area (TPSA) is 264 Å². The van der Waals surface area contributed by atoms with Gasteiger partial charge in [0.05, 0.1) is 47.2 Å². The van der Waals surface area contributed by atoms with Gasteiger partial charge in [-0.15, -0.1) is 5.10 Å². The van der Waals surface area contributed by atoms with Crippen LogP contribution in [0.2, 0.25) is 0 Å². The fraction of sp³-hybridized carbons (Fsp3) is 0.821. The molecular weight excluding hydrogens is 1160 g/mol. The lowest BCUT2D eigenvalue weighted by Gasteiger charge is -2.49. The van der Waals surface area contributed by atoms with Gasteiger partial charge in [0.2, 0.25) is 5.91 Å². The van der Waals surface area contributed by atoms with E-state index in [0.717, 1.165) is 11.1 Å². The van der Waals surface area contributed by atoms with Gasteiger partial charge in [-0.1, -0.05) is 43.3 Å². The second-order valence-electron chi connectivity index (χ2n) is 24.0. The van der Waals surface area contributed by atoms with Crippen molar-refractivity contribution < 1.29 is 77.8 Å². The molecule has 1 aromatic heterocycles. The molecule has 0 bridgehead atoms. The number of carbonyl (C=O) groups excluding carboxylic acids is 2. The SMILES string of the molecule is CO[C@H](c1ccc(CN2CCN(C(=O)CO)CC2)cc1)[C@@H](CF)n1cc(CCN(C)[C@H]2C[C@@H](C)O[C@@H](O[C@@H]3[C@@H](C)[C@H](O[C@H]4C[C@@](C)(OC)[C@@H](O)[C@H](C)O4)[C@@H](C)C(=O)O[C@H](I)[C@@](C)(O)[C@H](O)[C@@H](C)N(C)C[C@H](C)C[C@@]3(C)O)[C@@H]2O)nn1. The maximum absolute atomic E-state index is 15.0. The van der Waals surface area contributed by atoms with Crippen molar-refractivity contribution in [2.45, 2.75) is 195 Å². The van der Waals surface area contributed by atoms with E-state index in [4.69, 9.17) is 33.2 Å². The van der Waals surface area contributed by atoms with Gasteiger partial charge in [-0.3, -0.25) is 14.5 Å². The van der Waals surface area contributed by atoms with Crippen LogP contribution in [0.5, 0.6) is 0 Å². The maximum atomic E-state index is 15.0. The molecule has 0 aliphatic carbocycles. The van der Waals surface area contributed by atoms with Crippen molar-refractivity contribution in [2.75, 3.05) is 80.9 Å². The first-order valence-corrected chi connectivity index (χ1v) is 29.4. The molecule has 22 nitrogen and oxygen atoms in total. The fourth-order valence-electron chi connectivity index (χ4n) is 12.2. The van der Waals surface area contributed by atoms with E-state index in [1.54, 1.807) is 52.6 Å². The lowest BCUT2D eigenvalue weighted by atomic mass is 9.77. The summed E-state index contributed by atoms with van der Waals surface area (Å²) >= 11 is 1.82. The zero-order valence-corrected chi connectivity index (χ0v) is 51.3. The first kappa shape index (κ1) is 66.5. The van der Waals surface area contributed by atoms with Gasteiger partial charge in [0, 0.05) is 97.1 Å². The number of amides is 1. The van der Waals surface area contributed by atoms with Crippen LogP contribution in [-0.2, 0) is 55.7 Å². The highest BCUT2D eigenvalue weighted by Crippen LogP contribution is 2.41. The van der Waals surface area contributed by atoms with Gasteiger partial charge < -0.3 is 78.5 Å². The quantitative estimate of drug-likeness (QED) is 0.0756. The van der Waals surface area contributed by atoms with Crippen molar-refractivity contribution >= 4 is 34.5 Å². The Morgan fingerprint density at radius 1 is 0.963 bits per heavy atom. The van der Waals surface area contributed by atoms with Gasteiger partial charge in [0.25, 0.3) is 0 Å². The number of benzene rings is 1. The molecule has 24 heteroatoms. The number of cyclic esters (lactones) is 1. The number of nitrogens with zero attached hydrogens (tertiary/aromatic N) is 7. The van der Waals surface area contributed by atoms with Crippen molar-refractivity contribution in [3.63, 3.8) is 0 Å². The minimum atomic E-state index is -1.88. The second kappa shape index (κ2) is 28.5. The summed E-state index contributed by atoms with van der Waals surface area (Å²) < 4.78 is 59.3. The number of likely N-dealkylation sites (N-methyl/N-ethyl adjacent to an activating group) is 2. The van der Waals surface area contributed by atoms with Crippen LogP contribution in [0.25, 0.3) is 0 Å². The molecule has 4 aliphatic rings. The van der Waals surface area contributed by atoms with Crippen molar-refractivity contribution in [1.82, 2.24) is 34.6 Å². The number of aromatic nitrogens is 3. The van der Waals surface area contributed by atoms with Crippen molar-refractivity contribution in [3.05, 3.63) is 47.3 Å². The smallest absolute Gasteiger partial charge is 0.312 e. The van der Waals surface area contributed by atoms with E-state index >= 15 is 4.39 Å². The van der Waals surface area contributed by atoms with Gasteiger partial charge >= 0.3 is 5.97 Å². The van der Waals surface area contributed by atoms with Gasteiger partial charge in [-0.05, 0) is 115 Å². The number of aliphatic hydroxyl groups excluding tert-OH is 4. The normalized spacial score (nSPS) is 38.6. The number of hydrogen-bond acceptors (Lipinski definition) is 20. The molecule has 456 valence electrons. The Morgan fingerprint density at radius 3 is 2.24 bits per heavy atom. The van der Waals surface area contributed by atoms with Gasteiger partial charge in [0.15, 0.2) is 16.7 Å². The van der Waals surface area contributed by atoms with Gasteiger partial charge in [-0.25, -0.2) is 9.07 Å². The first-order valence-electron chi connectivity index (χ1n) is 28.2. The van der Waals surface area contributed by atoms with Crippen LogP contribution in [0.1, 0.15) is 111 Å². The molecule has 4 saturated heterocycles. The van der Waals surface area contributed by atoms with Gasteiger partial charge in [0.1, 0.15) is 49.3 Å². The highest BCUT2D eigenvalue weighted by molar-refractivity contribution is 14.1. The standard InChI is InChI=1S/C56H93FIN7O15/c1-32-25-54(7,72)50(34(3)46(78-44-26-55(8,75-13)49(70)37(6)77-44)35(4)51(71)80-53(58)56(9,73)48(69)36(5)62(11)28-32)79-52-45(68)41(24-33(2)76-52)61(10)19-18-40-30-65(60-59-40)42(27-57)47(74-12)39-16-14-38(15-17-39)29-63-20-22-64(23-21-63)43(67)31-66/h14-17,30,32-37,41-42,44-50,52-53,66,68-70,72-73H,18-29,31H2,1-13H3/t32-,33-,34+,35-,36-,37+,41+,42-,44+,45-,46+,47-,48-,49+,50-,52+,53+,54-,55-,56+/m1/s1. The Hall–Kier alpha value is -2.64. The zero-order valence-electron chi connectivity index (χ0n) is 49.1. The second-order valence-corrected chi connectivity index (χ2v) is 25.1. The fourth-order valence-corrected chi connectivity index (χ4v) is 12.9. The molecule has 0 spiro atoms. The summed E-state index contributed by atoms with van der Waals surface area (Å²) in [6.07, 6.45) is -7.26. The number of alkyl halides is 2. The molecule has 4 aliphatic heterocycles. The number of rotatable bonds is 17. The third kappa shape index (κ3) is 15.8. The zero-order chi connectivity index (χ0) is 59.2. The van der Waals surface area contributed by atoms with E-state index in [2.05, 4.69) is 15.2 Å². The van der Waals surface area contributed by atoms with E-state index in [1.165, 1.54) is 25.8 Å². The molecule has 1 amide bonds. The first-order chi connectivity index (χ1) is 37.6. The number of hydrogen-bond donors (Lipinski definition) is 6. The summed E-state index contributed by atoms with van der Waals surface area (Å²) in [5.41, 5.74) is -2.22. The molecule has 20 atom stereocenters. The average molecular weight is 1250 g/mol. The van der Waals surface area contributed by atoms with Crippen LogP contribution in [0.4, 0.5) is 4.39 Å². The number of piperazine rings is 1. The molecule has 0 saturated carbocycles. The van der Waals surface area contributed by atoms with Crippen LogP contribution >= 0.6 is 22.6 Å². The number of halogens is 2. The van der Waals surface area contributed by atoms with Crippen LogP contribution in [-0.4, -0.2) is 246 Å². The Morgan fingerprint density at radius 2 is 1.62 bits per heavy atom. The molecule has 5 heterocycles. The highest BCUT2D eigenvalue weighted by Gasteiger charge is 2.53. The number of esters is 1. The third-order valence-corrected chi connectivity index (χ3v) is 19.0. The average Bonchev–Trinajstić information content (AvgIpc) is 3.90. The Balaban J connectivity index is 1.20. The monoisotopic (exact) mass is 1250 g/mol. The summed E-state index contributed by atoms with van der Waals surface area (Å²) in [6, 6.07) is 5.90. The van der Waals surface area contributed by atoms with Crippen molar-refractivity contribution in [1.29, 1.82) is 0 Å². The number of methoxy groups -OCH3 is 2. The lowest BCUT2D eigenvalue weighted by molar-refractivity contribution is -0.318. The van der Waals surface area contributed by atoms with Crippen LogP contribution in [0.15, 0.2) is 30.5 Å². The molecule has 4 fully saturated rings. The molecule has 6 rings (SSSR count). The Kier molecular flexibility index (Phi) is 23.7. The van der Waals surface area contributed by atoms with E-state index < -0.39 is 132 Å². The van der Waals surface area contributed by atoms with Crippen LogP contribution < -0.4 is 0 Å². The summed E-state index contributed by atoms with van der Waals surface area (Å²) in [6.45, 7) is 18.2. The summed E-state index contributed by atoms with van der Waals surface area (Å²) in [7, 11) is 6.71. The maximum Gasteiger partial charge on any atom is 0.312 e.